The number of ether oxygens (including phenoxy) is 1. The molecule has 1 amide bonds. The molecule has 0 bridgehead atoms. The second-order valence-corrected chi connectivity index (χ2v) is 5.20. The van der Waals surface area contributed by atoms with E-state index in [0.717, 1.165) is 12.1 Å². The molecule has 0 saturated carbocycles. The fourth-order valence-corrected chi connectivity index (χ4v) is 2.30. The number of hydrogen-bond donors (Lipinski definition) is 2. The molecule has 0 fully saturated rings. The molecule has 0 aliphatic heterocycles. The van der Waals surface area contributed by atoms with E-state index >= 15 is 0 Å². The standard InChI is InChI=1S/C13H9BrClFN2O2/c14-8-3-6(15)1-2-11(8)20-12-4-7(13(18)19)10(17)5-9(12)16/h1-5H,17H2,(H2,18,19). The van der Waals surface area contributed by atoms with Crippen molar-refractivity contribution in [1.29, 1.82) is 0 Å². The van der Waals surface area contributed by atoms with Crippen LogP contribution in [0.15, 0.2) is 34.8 Å². The van der Waals surface area contributed by atoms with Gasteiger partial charge in [0, 0.05) is 16.8 Å². The van der Waals surface area contributed by atoms with Gasteiger partial charge in [-0.1, -0.05) is 11.6 Å². The predicted octanol–water partition coefficient (Wildman–Crippen LogP) is 3.72. The van der Waals surface area contributed by atoms with Crippen molar-refractivity contribution in [3.63, 3.8) is 0 Å². The Morgan fingerprint density at radius 3 is 2.55 bits per heavy atom. The number of carbonyl (C=O) groups excluding carboxylic acids is 1. The lowest BCUT2D eigenvalue weighted by Crippen LogP contribution is -2.14. The number of nitrogen functional groups attached to an aromatic ring is 1. The average molecular weight is 360 g/mol. The van der Waals surface area contributed by atoms with Crippen molar-refractivity contribution >= 4 is 39.1 Å². The van der Waals surface area contributed by atoms with Gasteiger partial charge in [0.2, 0.25) is 0 Å². The Morgan fingerprint density at radius 2 is 1.95 bits per heavy atom. The van der Waals surface area contributed by atoms with E-state index < -0.39 is 11.7 Å². The fraction of sp³-hybridized carbons (Fsp3) is 0. The molecule has 0 unspecified atom stereocenters. The van der Waals surface area contributed by atoms with Crippen LogP contribution in [0, 0.1) is 5.82 Å². The first-order chi connectivity index (χ1) is 9.38. The molecule has 4 N–H and O–H groups in total. The third-order valence-corrected chi connectivity index (χ3v) is 3.34. The lowest BCUT2D eigenvalue weighted by Gasteiger charge is -2.11. The maximum atomic E-state index is 13.8. The number of benzene rings is 2. The Hall–Kier alpha value is -1.79. The minimum Gasteiger partial charge on any atom is -0.453 e. The number of nitrogens with two attached hydrogens (primary N) is 2. The van der Waals surface area contributed by atoms with Gasteiger partial charge in [0.1, 0.15) is 5.75 Å². The van der Waals surface area contributed by atoms with Gasteiger partial charge < -0.3 is 16.2 Å². The number of carbonyl (C=O) groups is 1. The van der Waals surface area contributed by atoms with E-state index in [9.17, 15) is 9.18 Å². The molecular weight excluding hydrogens is 351 g/mol. The van der Waals surface area contributed by atoms with Gasteiger partial charge in [0.05, 0.1) is 10.0 Å². The minimum absolute atomic E-state index is 0.00788. The van der Waals surface area contributed by atoms with Crippen molar-refractivity contribution < 1.29 is 13.9 Å². The Kier molecular flexibility index (Phi) is 4.15. The first kappa shape index (κ1) is 14.6. The smallest absolute Gasteiger partial charge is 0.250 e. The zero-order valence-electron chi connectivity index (χ0n) is 9.99. The van der Waals surface area contributed by atoms with Crippen LogP contribution in [0.2, 0.25) is 5.02 Å². The summed E-state index contributed by atoms with van der Waals surface area (Å²) < 4.78 is 19.7. The maximum absolute atomic E-state index is 13.8. The van der Waals surface area contributed by atoms with Crippen molar-refractivity contribution in [2.24, 2.45) is 5.73 Å². The highest BCUT2D eigenvalue weighted by Crippen LogP contribution is 2.34. The predicted molar refractivity (Wildman–Crippen MR) is 78.6 cm³/mol. The number of hydrogen-bond acceptors (Lipinski definition) is 3. The van der Waals surface area contributed by atoms with Crippen molar-refractivity contribution in [1.82, 2.24) is 0 Å². The summed E-state index contributed by atoms with van der Waals surface area (Å²) >= 11 is 9.04. The Morgan fingerprint density at radius 1 is 1.25 bits per heavy atom. The van der Waals surface area contributed by atoms with Gasteiger partial charge in [0.25, 0.3) is 5.91 Å². The molecule has 2 aromatic rings. The molecule has 2 aromatic carbocycles. The van der Waals surface area contributed by atoms with Gasteiger partial charge >= 0.3 is 0 Å². The minimum atomic E-state index is -0.762. The van der Waals surface area contributed by atoms with E-state index in [1.165, 1.54) is 0 Å². The second-order valence-electron chi connectivity index (χ2n) is 3.91. The normalized spacial score (nSPS) is 10.3. The van der Waals surface area contributed by atoms with Crippen LogP contribution in [-0.4, -0.2) is 5.91 Å². The largest absolute Gasteiger partial charge is 0.453 e. The summed E-state index contributed by atoms with van der Waals surface area (Å²) in [6.07, 6.45) is 0. The van der Waals surface area contributed by atoms with E-state index in [0.29, 0.717) is 15.2 Å². The van der Waals surface area contributed by atoms with Gasteiger partial charge in [-0.05, 0) is 40.2 Å². The SMILES string of the molecule is NC(=O)c1cc(Oc2ccc(Cl)cc2Br)c(F)cc1N. The molecule has 0 aromatic heterocycles. The molecule has 0 atom stereocenters. The first-order valence-corrected chi connectivity index (χ1v) is 6.57. The summed E-state index contributed by atoms with van der Waals surface area (Å²) in [6.45, 7) is 0. The average Bonchev–Trinajstić information content (AvgIpc) is 2.35. The number of primary amides is 1. The van der Waals surface area contributed by atoms with Crippen LogP contribution in [-0.2, 0) is 0 Å². The molecule has 0 radical (unpaired) electrons. The highest BCUT2D eigenvalue weighted by atomic mass is 79.9. The summed E-state index contributed by atoms with van der Waals surface area (Å²) in [4.78, 5) is 11.2. The summed E-state index contributed by atoms with van der Waals surface area (Å²) in [7, 11) is 0. The molecule has 0 heterocycles. The molecule has 7 heteroatoms. The third kappa shape index (κ3) is 3.02. The van der Waals surface area contributed by atoms with E-state index in [-0.39, 0.29) is 17.0 Å². The van der Waals surface area contributed by atoms with Crippen molar-refractivity contribution in [3.05, 3.63) is 51.2 Å². The van der Waals surface area contributed by atoms with Crippen molar-refractivity contribution in [2.45, 2.75) is 0 Å². The van der Waals surface area contributed by atoms with Crippen LogP contribution in [0.1, 0.15) is 10.4 Å². The lowest BCUT2D eigenvalue weighted by molar-refractivity contribution is 0.100. The summed E-state index contributed by atoms with van der Waals surface area (Å²) in [5.41, 5.74) is 10.6. The zero-order chi connectivity index (χ0) is 14.9. The number of amides is 1. The number of rotatable bonds is 3. The van der Waals surface area contributed by atoms with E-state index in [4.69, 9.17) is 27.8 Å². The van der Waals surface area contributed by atoms with Gasteiger partial charge in [-0.25, -0.2) is 4.39 Å². The van der Waals surface area contributed by atoms with Gasteiger partial charge in [0.15, 0.2) is 11.6 Å². The first-order valence-electron chi connectivity index (χ1n) is 5.40. The highest BCUT2D eigenvalue weighted by molar-refractivity contribution is 9.10. The summed E-state index contributed by atoms with van der Waals surface area (Å²) in [5, 5.41) is 0.500. The maximum Gasteiger partial charge on any atom is 0.250 e. The monoisotopic (exact) mass is 358 g/mol. The van der Waals surface area contributed by atoms with Crippen molar-refractivity contribution in [3.8, 4) is 11.5 Å². The van der Waals surface area contributed by atoms with Crippen molar-refractivity contribution in [2.75, 3.05) is 5.73 Å². The van der Waals surface area contributed by atoms with Crippen LogP contribution >= 0.6 is 27.5 Å². The van der Waals surface area contributed by atoms with Gasteiger partial charge in [-0.3, -0.25) is 4.79 Å². The lowest BCUT2D eigenvalue weighted by atomic mass is 10.1. The van der Waals surface area contributed by atoms with Crippen LogP contribution in [0.25, 0.3) is 0 Å². The van der Waals surface area contributed by atoms with Gasteiger partial charge in [-0.15, -0.1) is 0 Å². The topological polar surface area (TPSA) is 78.3 Å². The molecule has 2 rings (SSSR count). The Bertz CT molecular complexity index is 694. The molecule has 0 aliphatic rings. The van der Waals surface area contributed by atoms with Crippen LogP contribution in [0.5, 0.6) is 11.5 Å². The molecule has 0 saturated heterocycles. The third-order valence-electron chi connectivity index (χ3n) is 2.48. The molecular formula is C13H9BrClFN2O2. The quantitative estimate of drug-likeness (QED) is 0.820. The van der Waals surface area contributed by atoms with Gasteiger partial charge in [-0.2, -0.15) is 0 Å². The molecule has 4 nitrogen and oxygen atoms in total. The zero-order valence-corrected chi connectivity index (χ0v) is 12.3. The number of halogens is 3. The molecule has 20 heavy (non-hydrogen) atoms. The number of anilines is 1. The molecule has 104 valence electrons. The fourth-order valence-electron chi connectivity index (χ4n) is 1.54. The molecule has 0 spiro atoms. The second kappa shape index (κ2) is 5.68. The van der Waals surface area contributed by atoms with E-state index in [2.05, 4.69) is 15.9 Å². The Balaban J connectivity index is 2.43. The van der Waals surface area contributed by atoms with E-state index in [1.54, 1.807) is 18.2 Å². The van der Waals surface area contributed by atoms with Crippen LogP contribution in [0.3, 0.4) is 0 Å². The molecule has 0 aliphatic carbocycles. The Labute approximate surface area is 127 Å². The highest BCUT2D eigenvalue weighted by Gasteiger charge is 2.14. The van der Waals surface area contributed by atoms with E-state index in [1.807, 2.05) is 0 Å². The summed E-state index contributed by atoms with van der Waals surface area (Å²) in [5.74, 6) is -1.28. The summed E-state index contributed by atoms with van der Waals surface area (Å²) in [6, 6.07) is 6.90. The van der Waals surface area contributed by atoms with Crippen LogP contribution < -0.4 is 16.2 Å². The van der Waals surface area contributed by atoms with Crippen LogP contribution in [0.4, 0.5) is 10.1 Å².